The second-order valence-corrected chi connectivity index (χ2v) is 13.0. The molecule has 0 spiro atoms. The summed E-state index contributed by atoms with van der Waals surface area (Å²) in [7, 11) is 5.91. The number of ether oxygens (including phenoxy) is 2. The highest BCUT2D eigenvalue weighted by Gasteiger charge is 2.45. The van der Waals surface area contributed by atoms with Gasteiger partial charge < -0.3 is 29.5 Å². The second kappa shape index (κ2) is 17.0. The van der Waals surface area contributed by atoms with E-state index in [0.717, 1.165) is 10.5 Å². The number of benzene rings is 1. The van der Waals surface area contributed by atoms with Gasteiger partial charge in [0.15, 0.2) is 0 Å². The molecule has 0 unspecified atom stereocenters. The molecule has 1 aliphatic carbocycles. The first kappa shape index (κ1) is 38.0. The molecule has 1 N–H and O–H groups in total. The first-order chi connectivity index (χ1) is 21.5. The number of esters is 1. The number of nitrogens with one attached hydrogen (secondary N) is 1. The molecule has 0 aromatic heterocycles. The van der Waals surface area contributed by atoms with Crippen LogP contribution in [0.4, 0.5) is 4.79 Å². The maximum Gasteiger partial charge on any atom is 0.410 e. The summed E-state index contributed by atoms with van der Waals surface area (Å²) in [5.41, 5.74) is -1.20. The average Bonchev–Trinajstić information content (AvgIpc) is 3.46. The van der Waals surface area contributed by atoms with Crippen LogP contribution in [0.25, 0.3) is 0 Å². The lowest BCUT2D eigenvalue weighted by molar-refractivity contribution is -0.160. The zero-order valence-corrected chi connectivity index (χ0v) is 28.6. The number of carbonyl (C=O) groups excluding carboxylic acids is 6. The Morgan fingerprint density at radius 3 is 2.09 bits per heavy atom. The van der Waals surface area contributed by atoms with Gasteiger partial charge in [-0.15, -0.1) is 0 Å². The Balaban J connectivity index is 2.10. The van der Waals surface area contributed by atoms with E-state index in [1.54, 1.807) is 20.8 Å². The summed E-state index contributed by atoms with van der Waals surface area (Å²) in [4.78, 5) is 83.7. The lowest BCUT2D eigenvalue weighted by Crippen LogP contribution is -2.60. The Kier molecular flexibility index (Phi) is 14.0. The molecular formula is C33H51N5O8. The van der Waals surface area contributed by atoms with Crippen molar-refractivity contribution in [1.29, 1.82) is 0 Å². The van der Waals surface area contributed by atoms with Crippen molar-refractivity contribution < 1.29 is 38.2 Å². The summed E-state index contributed by atoms with van der Waals surface area (Å²) < 4.78 is 10.8. The van der Waals surface area contributed by atoms with E-state index in [9.17, 15) is 28.8 Å². The Hall–Kier alpha value is -4.16. The molecule has 5 amide bonds. The summed E-state index contributed by atoms with van der Waals surface area (Å²) in [6.45, 7) is 6.69. The molecule has 256 valence electrons. The van der Waals surface area contributed by atoms with E-state index in [0.29, 0.717) is 38.6 Å². The molecule has 1 atom stereocenters. The maximum atomic E-state index is 13.8. The monoisotopic (exact) mass is 645 g/mol. The third kappa shape index (κ3) is 11.3. The fraction of sp³-hybridized carbons (Fsp3) is 0.636. The smallest absolute Gasteiger partial charge is 0.410 e. The molecule has 13 heteroatoms. The lowest BCUT2D eigenvalue weighted by Gasteiger charge is -2.35. The predicted molar refractivity (Wildman–Crippen MR) is 171 cm³/mol. The highest BCUT2D eigenvalue weighted by atomic mass is 16.6. The topological polar surface area (TPSA) is 146 Å². The molecule has 0 aliphatic heterocycles. The number of amides is 5. The van der Waals surface area contributed by atoms with Crippen molar-refractivity contribution in [3.63, 3.8) is 0 Å². The molecule has 13 nitrogen and oxygen atoms in total. The van der Waals surface area contributed by atoms with E-state index < -0.39 is 52.9 Å². The number of carbonyl (C=O) groups is 6. The van der Waals surface area contributed by atoms with Crippen LogP contribution >= 0.6 is 0 Å². The minimum absolute atomic E-state index is 0.0654. The Morgan fingerprint density at radius 2 is 1.54 bits per heavy atom. The van der Waals surface area contributed by atoms with E-state index in [1.165, 1.54) is 42.9 Å². The van der Waals surface area contributed by atoms with Gasteiger partial charge in [-0.3, -0.25) is 28.9 Å². The van der Waals surface area contributed by atoms with Crippen LogP contribution in [-0.2, 0) is 40.1 Å². The van der Waals surface area contributed by atoms with Crippen LogP contribution in [0.5, 0.6) is 0 Å². The molecule has 1 saturated carbocycles. The minimum Gasteiger partial charge on any atom is -0.460 e. The Labute approximate surface area is 272 Å². The van der Waals surface area contributed by atoms with Crippen LogP contribution in [0.2, 0.25) is 0 Å². The maximum absolute atomic E-state index is 13.8. The fourth-order valence-corrected chi connectivity index (χ4v) is 5.32. The molecule has 1 aliphatic rings. The van der Waals surface area contributed by atoms with Crippen molar-refractivity contribution in [2.75, 3.05) is 47.8 Å². The van der Waals surface area contributed by atoms with E-state index in [-0.39, 0.29) is 26.1 Å². The molecule has 46 heavy (non-hydrogen) atoms. The summed E-state index contributed by atoms with van der Waals surface area (Å²) in [5.74, 6) is -2.61. The molecule has 0 bridgehead atoms. The number of hydrogen-bond donors (Lipinski definition) is 1. The van der Waals surface area contributed by atoms with Crippen LogP contribution in [0.1, 0.15) is 71.8 Å². The fourth-order valence-electron chi connectivity index (χ4n) is 5.32. The average molecular weight is 646 g/mol. The lowest BCUT2D eigenvalue weighted by atomic mass is 9.95. The third-order valence-electron chi connectivity index (χ3n) is 7.62. The Morgan fingerprint density at radius 1 is 0.935 bits per heavy atom. The van der Waals surface area contributed by atoms with Crippen LogP contribution in [0.3, 0.4) is 0 Å². The Bertz CT molecular complexity index is 1220. The van der Waals surface area contributed by atoms with Gasteiger partial charge in [0.2, 0.25) is 23.6 Å². The number of nitrogens with zero attached hydrogens (tertiary/aromatic N) is 4. The van der Waals surface area contributed by atoms with E-state index in [2.05, 4.69) is 5.32 Å². The van der Waals surface area contributed by atoms with Crippen molar-refractivity contribution >= 4 is 35.7 Å². The molecule has 0 heterocycles. The zero-order chi connectivity index (χ0) is 34.7. The van der Waals surface area contributed by atoms with E-state index in [4.69, 9.17) is 9.47 Å². The molecule has 1 fully saturated rings. The second-order valence-electron chi connectivity index (χ2n) is 13.0. The van der Waals surface area contributed by atoms with Gasteiger partial charge in [0, 0.05) is 34.7 Å². The van der Waals surface area contributed by atoms with Crippen molar-refractivity contribution in [1.82, 2.24) is 24.9 Å². The largest absolute Gasteiger partial charge is 0.460 e. The molecule has 0 saturated heterocycles. The van der Waals surface area contributed by atoms with Crippen LogP contribution in [-0.4, -0.2) is 120 Å². The highest BCUT2D eigenvalue weighted by molar-refractivity contribution is 5.96. The van der Waals surface area contributed by atoms with Crippen molar-refractivity contribution in [2.45, 2.75) is 90.0 Å². The van der Waals surface area contributed by atoms with Gasteiger partial charge >= 0.3 is 12.1 Å². The van der Waals surface area contributed by atoms with Gasteiger partial charge in [0.25, 0.3) is 0 Å². The summed E-state index contributed by atoms with van der Waals surface area (Å²) in [5, 5.41) is 2.87. The van der Waals surface area contributed by atoms with E-state index in [1.807, 2.05) is 37.3 Å². The summed E-state index contributed by atoms with van der Waals surface area (Å²) in [6.07, 6.45) is 1.75. The number of likely N-dealkylation sites (N-methyl/N-ethyl adjacent to an activating group) is 3. The summed E-state index contributed by atoms with van der Waals surface area (Å²) in [6, 6.07) is 8.08. The SMILES string of the molecule is CCCN(CC(=O)NC1(C(=O)N(C)CC(=O)N(C)[C@@H](CC(=O)OC(C)(C)C)C(=O)N(C)C)CCCC1)C(=O)OCc1ccccc1. The quantitative estimate of drug-likeness (QED) is 0.304. The van der Waals surface area contributed by atoms with Crippen molar-refractivity contribution in [3.8, 4) is 0 Å². The van der Waals surface area contributed by atoms with Gasteiger partial charge in [-0.1, -0.05) is 50.1 Å². The molecule has 0 radical (unpaired) electrons. The standard InChI is InChI=1S/C33H51N5O8/c1-9-19-38(31(44)45-23-24-15-11-10-12-16-24)21-26(39)34-33(17-13-14-18-33)30(43)36(7)22-27(40)37(8)25(29(42)35(5)6)20-28(41)46-32(2,3)4/h10-12,15-16,25H,9,13-14,17-23H2,1-8H3,(H,34,39)/t25-/m0/s1. The molecule has 2 rings (SSSR count). The van der Waals surface area contributed by atoms with Crippen LogP contribution in [0, 0.1) is 0 Å². The highest BCUT2D eigenvalue weighted by Crippen LogP contribution is 2.31. The summed E-state index contributed by atoms with van der Waals surface area (Å²) >= 11 is 0. The zero-order valence-electron chi connectivity index (χ0n) is 28.6. The first-order valence-corrected chi connectivity index (χ1v) is 15.7. The first-order valence-electron chi connectivity index (χ1n) is 15.7. The number of rotatable bonds is 14. The third-order valence-corrected chi connectivity index (χ3v) is 7.62. The predicted octanol–water partition coefficient (Wildman–Crippen LogP) is 2.57. The van der Waals surface area contributed by atoms with Crippen molar-refractivity contribution in [2.24, 2.45) is 0 Å². The van der Waals surface area contributed by atoms with Gasteiger partial charge in [-0.2, -0.15) is 0 Å². The molecule has 1 aromatic carbocycles. The van der Waals surface area contributed by atoms with Crippen LogP contribution in [0.15, 0.2) is 30.3 Å². The van der Waals surface area contributed by atoms with Gasteiger partial charge in [0.1, 0.15) is 30.3 Å². The minimum atomic E-state index is -1.24. The van der Waals surface area contributed by atoms with E-state index >= 15 is 0 Å². The van der Waals surface area contributed by atoms with Crippen LogP contribution < -0.4 is 5.32 Å². The molecule has 1 aromatic rings. The van der Waals surface area contributed by atoms with Crippen molar-refractivity contribution in [3.05, 3.63) is 35.9 Å². The molecular weight excluding hydrogens is 594 g/mol. The number of hydrogen-bond acceptors (Lipinski definition) is 8. The van der Waals surface area contributed by atoms with Gasteiger partial charge in [-0.05, 0) is 45.6 Å². The van der Waals surface area contributed by atoms with Gasteiger partial charge in [0.05, 0.1) is 13.0 Å². The van der Waals surface area contributed by atoms with Gasteiger partial charge in [-0.25, -0.2) is 4.79 Å². The normalized spacial score (nSPS) is 14.4.